The molecule has 0 N–H and O–H groups in total. The summed E-state index contributed by atoms with van der Waals surface area (Å²) in [6.45, 7) is 0. The predicted molar refractivity (Wildman–Crippen MR) is 21.2 cm³/mol. The Balaban J connectivity index is -0.000000000833. The molecule has 0 aromatic carbocycles. The second-order valence-corrected chi connectivity index (χ2v) is 0. The van der Waals surface area contributed by atoms with Crippen molar-refractivity contribution in [3.8, 4) is 0 Å². The van der Waals surface area contributed by atoms with Gasteiger partial charge in [0.1, 0.15) is 0 Å². The van der Waals surface area contributed by atoms with Crippen molar-refractivity contribution in [2.24, 2.45) is 0 Å². The molecule has 5 heteroatoms. The van der Waals surface area contributed by atoms with E-state index in [2.05, 4.69) is 15.7 Å². The van der Waals surface area contributed by atoms with Gasteiger partial charge < -0.3 is 0 Å². The van der Waals surface area contributed by atoms with Crippen LogP contribution in [0.2, 0.25) is 0 Å². The van der Waals surface area contributed by atoms with Gasteiger partial charge in [-0.3, -0.25) is 0 Å². The van der Waals surface area contributed by atoms with E-state index in [1.807, 2.05) is 0 Å². The molecular weight excluding hydrogens is 129 g/mol. The molecule has 0 rings (SSSR count). The smallest absolute Gasteiger partial charge is 0 e. The third-order valence-corrected chi connectivity index (χ3v) is 0. The van der Waals surface area contributed by atoms with E-state index in [4.69, 9.17) is 3.87 Å². The minimum atomic E-state index is 0. The Morgan fingerprint density at radius 1 is 1.00 bits per heavy atom. The molecule has 0 heterocycles. The van der Waals surface area contributed by atoms with E-state index in [0.717, 1.165) is 0 Å². The Labute approximate surface area is 75.2 Å². The zero-order chi connectivity index (χ0) is 2.00. The van der Waals surface area contributed by atoms with Crippen LogP contribution in [0.4, 0.5) is 0 Å². The molecular formula is CCoLi2OSi. The first-order valence-electron chi connectivity index (χ1n) is 0.136. The van der Waals surface area contributed by atoms with E-state index in [1.165, 1.54) is 0 Å². The molecule has 0 aromatic rings. The van der Waals surface area contributed by atoms with Crippen LogP contribution in [0.5, 0.6) is 0 Å². The fraction of sp³-hybridized carbons (Fsp3) is 0. The monoisotopic (exact) mass is 129 g/mol. The van der Waals surface area contributed by atoms with Gasteiger partial charge in [0.25, 0.3) is 0 Å². The van der Waals surface area contributed by atoms with Crippen LogP contribution in [0.15, 0.2) is 0 Å². The fourth-order valence-electron chi connectivity index (χ4n) is 0. The summed E-state index contributed by atoms with van der Waals surface area (Å²) in [7, 11) is 0. The van der Waals surface area contributed by atoms with Crippen molar-refractivity contribution in [3.63, 3.8) is 0 Å². The minimum absolute atomic E-state index is 0. The molecule has 10 radical (unpaired) electrons. The molecule has 0 aliphatic carbocycles. The maximum atomic E-state index is 7.94. The van der Waals surface area contributed by atoms with E-state index >= 15 is 0 Å². The Morgan fingerprint density at radius 3 is 1.00 bits per heavy atom. The summed E-state index contributed by atoms with van der Waals surface area (Å²) in [6, 6.07) is 0. The molecule has 0 spiro atoms. The van der Waals surface area contributed by atoms with Crippen molar-refractivity contribution in [1.82, 2.24) is 0 Å². The first kappa shape index (κ1) is 47.1. The van der Waals surface area contributed by atoms with Crippen LogP contribution in [0, 0.1) is 7.43 Å². The van der Waals surface area contributed by atoms with Gasteiger partial charge >= 0.3 is 19.5 Å². The summed E-state index contributed by atoms with van der Waals surface area (Å²) in [6.07, 6.45) is 0. The molecule has 0 saturated heterocycles. The topological polar surface area (TPSA) is 17.1 Å². The Bertz CT molecular complexity index is 13.5. The molecule has 0 amide bonds. The number of hydrogen-bond donors (Lipinski definition) is 0. The van der Waals surface area contributed by atoms with E-state index < -0.39 is 0 Å². The summed E-state index contributed by atoms with van der Waals surface area (Å²) >= 11 is 2.31. The van der Waals surface area contributed by atoms with Crippen LogP contribution in [-0.4, -0.2) is 48.7 Å². The van der Waals surface area contributed by atoms with Gasteiger partial charge in [0, 0.05) is 56.1 Å². The van der Waals surface area contributed by atoms with Crippen molar-refractivity contribution in [1.29, 1.82) is 0 Å². The zero-order valence-electron chi connectivity index (χ0n) is 3.74. The van der Waals surface area contributed by atoms with Gasteiger partial charge in [-0.15, -0.1) is 0 Å². The molecule has 0 aromatic heterocycles. The Hall–Kier alpha value is 1.72. The second-order valence-electron chi connectivity index (χ2n) is 0. The normalized spacial score (nSPS) is 0.833. The zero-order valence-corrected chi connectivity index (χ0v) is 5.78. The molecule has 6 heavy (non-hydrogen) atoms. The summed E-state index contributed by atoms with van der Waals surface area (Å²) in [5, 5.41) is 0. The van der Waals surface area contributed by atoms with E-state index in [1.54, 1.807) is 0 Å². The number of rotatable bonds is 0. The van der Waals surface area contributed by atoms with Crippen molar-refractivity contribution in [2.75, 3.05) is 0 Å². The second kappa shape index (κ2) is 74.4. The average Bonchev–Trinajstić information content (AvgIpc) is 1.00. The maximum Gasteiger partial charge on any atom is 0 e. The van der Waals surface area contributed by atoms with Gasteiger partial charge in [0.2, 0.25) is 0 Å². The largest absolute Gasteiger partial charge is 0 e. The van der Waals surface area contributed by atoms with Gasteiger partial charge in [-0.1, -0.05) is 0 Å². The van der Waals surface area contributed by atoms with E-state index in [9.17, 15) is 0 Å². The van der Waals surface area contributed by atoms with Crippen molar-refractivity contribution in [3.05, 3.63) is 7.43 Å². The predicted octanol–water partition coefficient (Wildman–Crippen LogP) is -1.18. The fourth-order valence-corrected chi connectivity index (χ4v) is 0. The third-order valence-electron chi connectivity index (χ3n) is 0. The van der Waals surface area contributed by atoms with Crippen LogP contribution >= 0.6 is 0 Å². The minimum Gasteiger partial charge on any atom is 0 e. The molecule has 0 aliphatic rings. The molecule has 25 valence electrons. The molecule has 1 nitrogen and oxygen atoms in total. The van der Waals surface area contributed by atoms with Crippen LogP contribution in [-0.2, 0) is 19.5 Å². The molecule has 0 unspecified atom stereocenters. The van der Waals surface area contributed by atoms with Crippen LogP contribution in [0.3, 0.4) is 0 Å². The van der Waals surface area contributed by atoms with Crippen LogP contribution < -0.4 is 0 Å². The molecule has 0 saturated carbocycles. The molecule has 0 bridgehead atoms. The summed E-state index contributed by atoms with van der Waals surface area (Å²) in [4.78, 5) is 0. The van der Waals surface area contributed by atoms with Crippen LogP contribution in [0.25, 0.3) is 0 Å². The van der Waals surface area contributed by atoms with Gasteiger partial charge in [0.15, 0.2) is 0 Å². The van der Waals surface area contributed by atoms with E-state index in [-0.39, 0.29) is 56.1 Å². The van der Waals surface area contributed by atoms with Gasteiger partial charge in [-0.2, -0.15) is 0 Å². The van der Waals surface area contributed by atoms with Crippen molar-refractivity contribution >= 4 is 48.7 Å². The van der Waals surface area contributed by atoms with E-state index in [0.29, 0.717) is 0 Å². The number of hydrogen-bond acceptors (Lipinski definition) is 1. The Kier molecular flexibility index (Phi) is 585. The standard InChI is InChI=1S/C.Co.2Li.O.Si. The summed E-state index contributed by atoms with van der Waals surface area (Å²) < 4.78 is 7.94. The molecule has 0 atom stereocenters. The van der Waals surface area contributed by atoms with Crippen molar-refractivity contribution < 1.29 is 19.5 Å². The molecule has 0 fully saturated rings. The van der Waals surface area contributed by atoms with Crippen molar-refractivity contribution in [2.45, 2.75) is 0 Å². The molecule has 0 aliphatic heterocycles. The summed E-state index contributed by atoms with van der Waals surface area (Å²) in [5.74, 6) is 0. The quantitative estimate of drug-likeness (QED) is 0.376. The maximum absolute atomic E-state index is 7.94. The Morgan fingerprint density at radius 2 is 1.00 bits per heavy atom. The first-order valence-corrected chi connectivity index (χ1v) is 0.561. The van der Waals surface area contributed by atoms with Gasteiger partial charge in [-0.05, 0) is 0 Å². The third kappa shape index (κ3) is 43.1. The van der Waals surface area contributed by atoms with Gasteiger partial charge in [-0.25, -0.2) is 0 Å². The summed E-state index contributed by atoms with van der Waals surface area (Å²) in [5.41, 5.74) is 0. The average molecular weight is 129 g/mol. The van der Waals surface area contributed by atoms with Gasteiger partial charge in [0.05, 0.1) is 0 Å². The first-order chi connectivity index (χ1) is 1.00. The van der Waals surface area contributed by atoms with Crippen LogP contribution in [0.1, 0.15) is 0 Å². The SMILES string of the molecule is [C].[Li].[Li].[O]=[Co].[Si].